The molecule has 0 radical (unpaired) electrons. The fourth-order valence-electron chi connectivity index (χ4n) is 3.57. The number of carbonyl (C=O) groups is 1. The molecule has 4 rings (SSSR count). The lowest BCUT2D eigenvalue weighted by Crippen LogP contribution is -2.07. The Morgan fingerprint density at radius 3 is 2.58 bits per heavy atom. The van der Waals surface area contributed by atoms with Gasteiger partial charge in [0.05, 0.1) is 17.5 Å². The molecule has 26 heavy (non-hydrogen) atoms. The summed E-state index contributed by atoms with van der Waals surface area (Å²) in [5, 5.41) is 11.5. The molecular formula is C22H18N2O2. The Labute approximate surface area is 151 Å². The van der Waals surface area contributed by atoms with Crippen LogP contribution in [-0.2, 0) is 11.2 Å². The van der Waals surface area contributed by atoms with E-state index < -0.39 is 5.97 Å². The highest BCUT2D eigenvalue weighted by Gasteiger charge is 2.19. The standard InChI is InChI=1S/C22H18N2O2/c1-13-9-10-17(22-15(13)7-5-11-23-22)21-16-6-3-4-8-19(16)24-14(2)18(21)12-20(25)26/h3-11H,12H2,1-2H3,(H,25,26). The van der Waals surface area contributed by atoms with Gasteiger partial charge in [0, 0.05) is 28.2 Å². The van der Waals surface area contributed by atoms with Crippen molar-refractivity contribution in [1.82, 2.24) is 9.97 Å². The maximum Gasteiger partial charge on any atom is 0.307 e. The van der Waals surface area contributed by atoms with E-state index in [-0.39, 0.29) is 6.42 Å². The quantitative estimate of drug-likeness (QED) is 0.586. The van der Waals surface area contributed by atoms with E-state index in [0.717, 1.165) is 49.8 Å². The highest BCUT2D eigenvalue weighted by molar-refractivity contribution is 6.05. The molecule has 0 saturated heterocycles. The van der Waals surface area contributed by atoms with Crippen LogP contribution in [0.15, 0.2) is 54.7 Å². The van der Waals surface area contributed by atoms with Gasteiger partial charge in [0.2, 0.25) is 0 Å². The Bertz CT molecular complexity index is 1170. The maximum atomic E-state index is 11.5. The minimum atomic E-state index is -0.865. The number of hydrogen-bond donors (Lipinski definition) is 1. The van der Waals surface area contributed by atoms with E-state index >= 15 is 0 Å². The molecule has 128 valence electrons. The fraction of sp³-hybridized carbons (Fsp3) is 0.136. The number of aromatic nitrogens is 2. The Hall–Kier alpha value is -3.27. The minimum absolute atomic E-state index is 0.0682. The van der Waals surface area contributed by atoms with Crippen molar-refractivity contribution in [3.05, 3.63) is 71.5 Å². The van der Waals surface area contributed by atoms with Crippen LogP contribution in [0.5, 0.6) is 0 Å². The van der Waals surface area contributed by atoms with Gasteiger partial charge in [-0.15, -0.1) is 0 Å². The lowest BCUT2D eigenvalue weighted by Gasteiger charge is -2.16. The summed E-state index contributed by atoms with van der Waals surface area (Å²) in [7, 11) is 0. The topological polar surface area (TPSA) is 63.1 Å². The van der Waals surface area contributed by atoms with E-state index in [0.29, 0.717) is 0 Å². The third kappa shape index (κ3) is 2.60. The average molecular weight is 342 g/mol. The molecule has 2 heterocycles. The fourth-order valence-corrected chi connectivity index (χ4v) is 3.57. The van der Waals surface area contributed by atoms with Crippen LogP contribution < -0.4 is 0 Å². The molecule has 0 atom stereocenters. The molecule has 1 N–H and O–H groups in total. The van der Waals surface area contributed by atoms with Crippen LogP contribution in [0.3, 0.4) is 0 Å². The number of aryl methyl sites for hydroxylation is 2. The normalized spacial score (nSPS) is 11.2. The molecule has 2 aromatic heterocycles. The summed E-state index contributed by atoms with van der Waals surface area (Å²) in [6.07, 6.45) is 1.71. The lowest BCUT2D eigenvalue weighted by molar-refractivity contribution is -0.136. The van der Waals surface area contributed by atoms with Crippen LogP contribution in [0.25, 0.3) is 32.9 Å². The molecule has 4 nitrogen and oxygen atoms in total. The summed E-state index contributed by atoms with van der Waals surface area (Å²) in [4.78, 5) is 20.8. The molecule has 0 aliphatic heterocycles. The van der Waals surface area contributed by atoms with Crippen molar-refractivity contribution in [2.24, 2.45) is 0 Å². The molecule has 2 aromatic carbocycles. The summed E-state index contributed by atoms with van der Waals surface area (Å²) < 4.78 is 0. The molecule has 0 fully saturated rings. The van der Waals surface area contributed by atoms with Gasteiger partial charge >= 0.3 is 5.97 Å². The molecule has 0 aliphatic carbocycles. The van der Waals surface area contributed by atoms with Crippen molar-refractivity contribution in [2.45, 2.75) is 20.3 Å². The van der Waals surface area contributed by atoms with Gasteiger partial charge in [-0.05, 0) is 42.7 Å². The van der Waals surface area contributed by atoms with Gasteiger partial charge in [0.25, 0.3) is 0 Å². The van der Waals surface area contributed by atoms with Gasteiger partial charge in [-0.1, -0.05) is 36.4 Å². The first-order chi connectivity index (χ1) is 12.6. The molecule has 0 bridgehead atoms. The second-order valence-corrected chi connectivity index (χ2v) is 6.47. The van der Waals surface area contributed by atoms with Crippen molar-refractivity contribution < 1.29 is 9.90 Å². The Kier molecular flexibility index (Phi) is 3.88. The third-order valence-electron chi connectivity index (χ3n) is 4.79. The number of aliphatic carboxylic acids is 1. The van der Waals surface area contributed by atoms with Gasteiger partial charge in [-0.25, -0.2) is 0 Å². The first-order valence-corrected chi connectivity index (χ1v) is 8.51. The highest BCUT2D eigenvalue weighted by atomic mass is 16.4. The SMILES string of the molecule is Cc1nc2ccccc2c(-c2ccc(C)c3cccnc23)c1CC(=O)O. The Morgan fingerprint density at radius 2 is 1.77 bits per heavy atom. The van der Waals surface area contributed by atoms with Crippen molar-refractivity contribution in [1.29, 1.82) is 0 Å². The zero-order chi connectivity index (χ0) is 18.3. The maximum absolute atomic E-state index is 11.5. The number of benzene rings is 2. The van der Waals surface area contributed by atoms with Crippen LogP contribution >= 0.6 is 0 Å². The smallest absolute Gasteiger partial charge is 0.307 e. The van der Waals surface area contributed by atoms with Crippen molar-refractivity contribution in [2.75, 3.05) is 0 Å². The Balaban J connectivity index is 2.17. The number of pyridine rings is 2. The van der Waals surface area contributed by atoms with Crippen LogP contribution in [0.1, 0.15) is 16.8 Å². The van der Waals surface area contributed by atoms with E-state index in [1.165, 1.54) is 0 Å². The molecule has 0 saturated carbocycles. The molecule has 0 amide bonds. The number of para-hydroxylation sites is 1. The van der Waals surface area contributed by atoms with Crippen molar-refractivity contribution in [3.63, 3.8) is 0 Å². The third-order valence-corrected chi connectivity index (χ3v) is 4.79. The monoisotopic (exact) mass is 342 g/mol. The predicted octanol–water partition coefficient (Wildman–Crippen LogP) is 4.69. The number of carboxylic acid groups (broad SMARTS) is 1. The number of rotatable bonds is 3. The second-order valence-electron chi connectivity index (χ2n) is 6.47. The number of fused-ring (bicyclic) bond motifs is 2. The molecular weight excluding hydrogens is 324 g/mol. The zero-order valence-corrected chi connectivity index (χ0v) is 14.7. The molecule has 4 aromatic rings. The van der Waals surface area contributed by atoms with Crippen LogP contribution in [-0.4, -0.2) is 21.0 Å². The van der Waals surface area contributed by atoms with Gasteiger partial charge in [-0.2, -0.15) is 0 Å². The predicted molar refractivity (Wildman–Crippen MR) is 103 cm³/mol. The Morgan fingerprint density at radius 1 is 1.00 bits per heavy atom. The van der Waals surface area contributed by atoms with Gasteiger partial charge in [0.1, 0.15) is 0 Å². The molecule has 4 heteroatoms. The largest absolute Gasteiger partial charge is 0.481 e. The van der Waals surface area contributed by atoms with Crippen LogP contribution in [0, 0.1) is 13.8 Å². The molecule has 0 spiro atoms. The summed E-state index contributed by atoms with van der Waals surface area (Å²) in [6.45, 7) is 3.93. The average Bonchev–Trinajstić information content (AvgIpc) is 2.63. The first-order valence-electron chi connectivity index (χ1n) is 8.51. The summed E-state index contributed by atoms with van der Waals surface area (Å²) in [5.74, 6) is -0.865. The van der Waals surface area contributed by atoms with Crippen LogP contribution in [0.2, 0.25) is 0 Å². The number of hydrogen-bond acceptors (Lipinski definition) is 3. The summed E-state index contributed by atoms with van der Waals surface area (Å²) in [5.41, 5.74) is 6.24. The van der Waals surface area contributed by atoms with E-state index in [2.05, 4.69) is 23.0 Å². The number of carboxylic acids is 1. The highest BCUT2D eigenvalue weighted by Crippen LogP contribution is 2.37. The van der Waals surface area contributed by atoms with E-state index in [1.807, 2.05) is 49.4 Å². The second kappa shape index (κ2) is 6.23. The van der Waals surface area contributed by atoms with Crippen LogP contribution in [0.4, 0.5) is 0 Å². The van der Waals surface area contributed by atoms with Gasteiger partial charge < -0.3 is 5.11 Å². The zero-order valence-electron chi connectivity index (χ0n) is 14.7. The lowest BCUT2D eigenvalue weighted by atomic mass is 9.90. The van der Waals surface area contributed by atoms with Crippen molar-refractivity contribution >= 4 is 27.8 Å². The van der Waals surface area contributed by atoms with Crippen molar-refractivity contribution in [3.8, 4) is 11.1 Å². The molecule has 0 aliphatic rings. The summed E-state index contributed by atoms with van der Waals surface area (Å²) in [6, 6.07) is 15.9. The van der Waals surface area contributed by atoms with E-state index in [1.54, 1.807) is 6.20 Å². The van der Waals surface area contributed by atoms with Gasteiger partial charge in [0.15, 0.2) is 0 Å². The van der Waals surface area contributed by atoms with Gasteiger partial charge in [-0.3, -0.25) is 14.8 Å². The first kappa shape index (κ1) is 16.2. The van der Waals surface area contributed by atoms with E-state index in [4.69, 9.17) is 0 Å². The number of nitrogens with zero attached hydrogens (tertiary/aromatic N) is 2. The summed E-state index contributed by atoms with van der Waals surface area (Å²) >= 11 is 0. The molecule has 0 unspecified atom stereocenters. The van der Waals surface area contributed by atoms with E-state index in [9.17, 15) is 9.90 Å². The minimum Gasteiger partial charge on any atom is -0.481 e.